The molecule has 1 aromatic carbocycles. The van der Waals surface area contributed by atoms with Crippen molar-refractivity contribution in [3.8, 4) is 0 Å². The van der Waals surface area contributed by atoms with Crippen LogP contribution in [-0.2, 0) is 11.2 Å². The predicted molar refractivity (Wildman–Crippen MR) is 69.4 cm³/mol. The number of nitrogens with two attached hydrogens (primary N) is 1. The first-order valence-electron chi connectivity index (χ1n) is 6.57. The fraction of sp³-hybridized carbons (Fsp3) is 0.571. The van der Waals surface area contributed by atoms with Gasteiger partial charge in [0.2, 0.25) is 0 Å². The summed E-state index contributed by atoms with van der Waals surface area (Å²) in [7, 11) is 1.65. The number of hydrazine groups is 1. The monoisotopic (exact) mass is 270 g/mol. The van der Waals surface area contributed by atoms with Crippen LogP contribution in [0, 0.1) is 11.6 Å². The minimum atomic E-state index is -0.828. The SMILES string of the molecule is COC1(C(Cc2cccc(F)c2F)NN)CCCC1. The van der Waals surface area contributed by atoms with E-state index in [0.717, 1.165) is 31.7 Å². The summed E-state index contributed by atoms with van der Waals surface area (Å²) in [5, 5.41) is 0. The largest absolute Gasteiger partial charge is 0.377 e. The molecular formula is C14H20F2N2O. The number of methoxy groups -OCH3 is 1. The number of nitrogens with one attached hydrogen (secondary N) is 1. The highest BCUT2D eigenvalue weighted by Gasteiger charge is 2.41. The second kappa shape index (κ2) is 5.94. The van der Waals surface area contributed by atoms with E-state index in [4.69, 9.17) is 10.6 Å². The molecule has 0 heterocycles. The Hall–Kier alpha value is -1.04. The molecule has 1 atom stereocenters. The molecule has 1 aromatic rings. The Bertz CT molecular complexity index is 433. The van der Waals surface area contributed by atoms with Crippen molar-refractivity contribution in [1.82, 2.24) is 5.43 Å². The molecule has 5 heteroatoms. The van der Waals surface area contributed by atoms with Crippen LogP contribution in [0.2, 0.25) is 0 Å². The van der Waals surface area contributed by atoms with Gasteiger partial charge in [-0.25, -0.2) is 8.78 Å². The van der Waals surface area contributed by atoms with Crippen molar-refractivity contribution < 1.29 is 13.5 Å². The summed E-state index contributed by atoms with van der Waals surface area (Å²) in [5.74, 6) is 3.98. The van der Waals surface area contributed by atoms with E-state index in [1.165, 1.54) is 6.07 Å². The molecule has 0 aliphatic heterocycles. The minimum Gasteiger partial charge on any atom is -0.377 e. The van der Waals surface area contributed by atoms with Crippen LogP contribution in [0.15, 0.2) is 18.2 Å². The van der Waals surface area contributed by atoms with Crippen molar-refractivity contribution in [2.45, 2.75) is 43.7 Å². The van der Waals surface area contributed by atoms with Crippen molar-refractivity contribution in [1.29, 1.82) is 0 Å². The van der Waals surface area contributed by atoms with Crippen molar-refractivity contribution in [2.75, 3.05) is 7.11 Å². The summed E-state index contributed by atoms with van der Waals surface area (Å²) in [6, 6.07) is 3.98. The number of hydrogen-bond donors (Lipinski definition) is 2. The average Bonchev–Trinajstić information content (AvgIpc) is 2.90. The highest BCUT2D eigenvalue weighted by molar-refractivity contribution is 5.21. The molecule has 0 bridgehead atoms. The van der Waals surface area contributed by atoms with E-state index < -0.39 is 11.6 Å². The lowest BCUT2D eigenvalue weighted by Gasteiger charge is -2.36. The molecule has 19 heavy (non-hydrogen) atoms. The molecule has 1 aliphatic carbocycles. The third-order valence-corrected chi connectivity index (χ3v) is 4.15. The maximum Gasteiger partial charge on any atom is 0.162 e. The zero-order valence-corrected chi connectivity index (χ0v) is 11.1. The number of rotatable bonds is 5. The Morgan fingerprint density at radius 3 is 2.63 bits per heavy atom. The quantitative estimate of drug-likeness (QED) is 0.637. The van der Waals surface area contributed by atoms with Crippen molar-refractivity contribution in [3.05, 3.63) is 35.4 Å². The zero-order valence-electron chi connectivity index (χ0n) is 11.1. The van der Waals surface area contributed by atoms with Crippen molar-refractivity contribution in [2.24, 2.45) is 5.84 Å². The van der Waals surface area contributed by atoms with Gasteiger partial charge in [0, 0.05) is 7.11 Å². The fourth-order valence-corrected chi connectivity index (χ4v) is 2.99. The second-order valence-corrected chi connectivity index (χ2v) is 5.11. The third kappa shape index (κ3) is 2.78. The molecule has 0 saturated heterocycles. The summed E-state index contributed by atoms with van der Waals surface area (Å²) in [4.78, 5) is 0. The van der Waals surface area contributed by atoms with E-state index >= 15 is 0 Å². The van der Waals surface area contributed by atoms with Gasteiger partial charge in [-0.15, -0.1) is 0 Å². The maximum absolute atomic E-state index is 13.7. The Labute approximate surface area is 112 Å². The molecule has 1 fully saturated rings. The van der Waals surface area contributed by atoms with Crippen LogP contribution < -0.4 is 11.3 Å². The van der Waals surface area contributed by atoms with Crippen LogP contribution in [0.4, 0.5) is 8.78 Å². The smallest absolute Gasteiger partial charge is 0.162 e. The molecule has 3 nitrogen and oxygen atoms in total. The molecule has 0 amide bonds. The molecule has 106 valence electrons. The molecule has 2 rings (SSSR count). The van der Waals surface area contributed by atoms with Crippen LogP contribution in [-0.4, -0.2) is 18.8 Å². The topological polar surface area (TPSA) is 47.3 Å². The molecule has 0 spiro atoms. The van der Waals surface area contributed by atoms with E-state index in [1.807, 2.05) is 0 Å². The van der Waals surface area contributed by atoms with Gasteiger partial charge in [0.15, 0.2) is 11.6 Å². The van der Waals surface area contributed by atoms with E-state index in [9.17, 15) is 8.78 Å². The normalized spacial score (nSPS) is 19.6. The van der Waals surface area contributed by atoms with Crippen LogP contribution >= 0.6 is 0 Å². The number of hydrogen-bond acceptors (Lipinski definition) is 3. The highest BCUT2D eigenvalue weighted by atomic mass is 19.2. The van der Waals surface area contributed by atoms with Gasteiger partial charge in [0.05, 0.1) is 11.6 Å². The molecule has 1 unspecified atom stereocenters. The number of ether oxygens (including phenoxy) is 1. The fourth-order valence-electron chi connectivity index (χ4n) is 2.99. The lowest BCUT2D eigenvalue weighted by atomic mass is 9.87. The lowest BCUT2D eigenvalue weighted by molar-refractivity contribution is -0.0357. The van der Waals surface area contributed by atoms with Crippen LogP contribution in [0.25, 0.3) is 0 Å². The Balaban J connectivity index is 2.21. The zero-order chi connectivity index (χ0) is 13.9. The number of benzene rings is 1. The molecule has 1 aliphatic rings. The van der Waals surface area contributed by atoms with E-state index in [2.05, 4.69) is 5.43 Å². The summed E-state index contributed by atoms with van der Waals surface area (Å²) in [5.41, 5.74) is 2.66. The van der Waals surface area contributed by atoms with Gasteiger partial charge in [-0.3, -0.25) is 11.3 Å². The van der Waals surface area contributed by atoms with Gasteiger partial charge in [-0.2, -0.15) is 0 Å². The van der Waals surface area contributed by atoms with Crippen molar-refractivity contribution >= 4 is 0 Å². The van der Waals surface area contributed by atoms with Crippen LogP contribution in [0.5, 0.6) is 0 Å². The highest BCUT2D eigenvalue weighted by Crippen LogP contribution is 2.36. The molecule has 1 saturated carbocycles. The van der Waals surface area contributed by atoms with E-state index in [1.54, 1.807) is 13.2 Å². The first-order valence-corrected chi connectivity index (χ1v) is 6.57. The molecule has 3 N–H and O–H groups in total. The van der Waals surface area contributed by atoms with Crippen LogP contribution in [0.1, 0.15) is 31.2 Å². The summed E-state index contributed by atoms with van der Waals surface area (Å²) in [6.07, 6.45) is 4.22. The Morgan fingerprint density at radius 2 is 2.05 bits per heavy atom. The van der Waals surface area contributed by atoms with Crippen molar-refractivity contribution in [3.63, 3.8) is 0 Å². The first kappa shape index (κ1) is 14.4. The van der Waals surface area contributed by atoms with Crippen LogP contribution in [0.3, 0.4) is 0 Å². The maximum atomic E-state index is 13.7. The van der Waals surface area contributed by atoms with E-state index in [-0.39, 0.29) is 11.6 Å². The third-order valence-electron chi connectivity index (χ3n) is 4.15. The molecule has 0 radical (unpaired) electrons. The molecule has 0 aromatic heterocycles. The Kier molecular flexibility index (Phi) is 4.50. The average molecular weight is 270 g/mol. The first-order chi connectivity index (χ1) is 9.13. The van der Waals surface area contributed by atoms with Gasteiger partial charge < -0.3 is 4.74 Å². The number of halogens is 2. The summed E-state index contributed by atoms with van der Waals surface area (Å²) < 4.78 is 32.6. The van der Waals surface area contributed by atoms with Gasteiger partial charge in [-0.1, -0.05) is 25.0 Å². The standard InChI is InChI=1S/C14H20F2N2O/c1-19-14(7-2-3-8-14)12(18-17)9-10-5-4-6-11(15)13(10)16/h4-6,12,18H,2-3,7-9,17H2,1H3. The predicted octanol–water partition coefficient (Wildman–Crippen LogP) is 2.30. The molecular weight excluding hydrogens is 250 g/mol. The van der Waals surface area contributed by atoms with Gasteiger partial charge in [0.1, 0.15) is 0 Å². The second-order valence-electron chi connectivity index (χ2n) is 5.11. The van der Waals surface area contributed by atoms with Gasteiger partial charge >= 0.3 is 0 Å². The summed E-state index contributed by atoms with van der Waals surface area (Å²) >= 11 is 0. The van der Waals surface area contributed by atoms with Gasteiger partial charge in [0.25, 0.3) is 0 Å². The minimum absolute atomic E-state index is 0.226. The van der Waals surface area contributed by atoms with Gasteiger partial charge in [-0.05, 0) is 30.9 Å². The lowest BCUT2D eigenvalue weighted by Crippen LogP contribution is -2.54. The summed E-state index contributed by atoms with van der Waals surface area (Å²) in [6.45, 7) is 0. The Morgan fingerprint density at radius 1 is 1.37 bits per heavy atom. The van der Waals surface area contributed by atoms with E-state index in [0.29, 0.717) is 12.0 Å².